The number of ether oxygens (including phenoxy) is 1. The topological polar surface area (TPSA) is 88.1 Å². The Balaban J connectivity index is 1.70. The van der Waals surface area contributed by atoms with Crippen LogP contribution in [0, 0.1) is 11.8 Å². The second-order valence-electron chi connectivity index (χ2n) is 7.32. The van der Waals surface area contributed by atoms with Crippen molar-refractivity contribution < 1.29 is 14.3 Å². The van der Waals surface area contributed by atoms with Crippen LogP contribution in [0.3, 0.4) is 0 Å². The number of nitroso groups, excluding NO2 is 1. The third-order valence-corrected chi connectivity index (χ3v) is 5.67. The number of nitrogens with zero attached hydrogens (tertiary/aromatic N) is 2. The molecule has 0 aromatic heterocycles. The minimum Gasteiger partial charge on any atom is -0.483 e. The van der Waals surface area contributed by atoms with Gasteiger partial charge in [0.05, 0.1) is 0 Å². The van der Waals surface area contributed by atoms with Crippen LogP contribution in [0.4, 0.5) is 5.69 Å². The molecule has 0 saturated carbocycles. The molecule has 1 aliphatic rings. The monoisotopic (exact) mass is 449 g/mol. The van der Waals surface area contributed by atoms with Gasteiger partial charge in [-0.25, -0.2) is 5.01 Å². The van der Waals surface area contributed by atoms with Gasteiger partial charge in [-0.3, -0.25) is 15.0 Å². The molecule has 0 spiro atoms. The quantitative estimate of drug-likeness (QED) is 0.374. The van der Waals surface area contributed by atoms with Crippen LogP contribution in [0.5, 0.6) is 5.75 Å². The maximum Gasteiger partial charge on any atom is 0.276 e. The van der Waals surface area contributed by atoms with Gasteiger partial charge in [-0.2, -0.15) is 0 Å². The lowest BCUT2D eigenvalue weighted by atomic mass is 9.95. The highest BCUT2D eigenvalue weighted by atomic mass is 35.5. The number of benzene rings is 2. The molecule has 30 heavy (non-hydrogen) atoms. The molecule has 1 saturated heterocycles. The van der Waals surface area contributed by atoms with Gasteiger partial charge in [0.2, 0.25) is 0 Å². The van der Waals surface area contributed by atoms with E-state index in [0.29, 0.717) is 27.6 Å². The van der Waals surface area contributed by atoms with Crippen molar-refractivity contribution in [3.8, 4) is 5.75 Å². The third-order valence-electron chi connectivity index (χ3n) is 4.91. The number of halogens is 2. The Hall–Kier alpha value is -2.64. The number of rotatable bonds is 7. The molecule has 1 fully saturated rings. The predicted octanol–water partition coefficient (Wildman–Crippen LogP) is 4.77. The molecule has 1 heterocycles. The molecule has 1 aliphatic heterocycles. The summed E-state index contributed by atoms with van der Waals surface area (Å²) < 4.78 is 5.68. The minimum absolute atomic E-state index is 0.0581. The first-order valence-corrected chi connectivity index (χ1v) is 10.2. The highest BCUT2D eigenvalue weighted by molar-refractivity contribution is 6.35. The number of amides is 2. The van der Waals surface area contributed by atoms with E-state index in [4.69, 9.17) is 27.9 Å². The van der Waals surface area contributed by atoms with Crippen LogP contribution in [0.1, 0.15) is 42.5 Å². The Labute approximate surface area is 184 Å². The average molecular weight is 450 g/mol. The van der Waals surface area contributed by atoms with Crippen LogP contribution in [0.15, 0.2) is 41.6 Å². The van der Waals surface area contributed by atoms with E-state index in [0.717, 1.165) is 5.56 Å². The number of hydrazine groups is 1. The summed E-state index contributed by atoms with van der Waals surface area (Å²) in [5, 5.41) is 3.82. The van der Waals surface area contributed by atoms with E-state index in [1.54, 1.807) is 43.3 Å². The molecular weight excluding hydrogens is 429 g/mol. The molecule has 3 rings (SSSR count). The first kappa shape index (κ1) is 22.1. The van der Waals surface area contributed by atoms with Crippen molar-refractivity contribution in [2.45, 2.75) is 38.1 Å². The number of carbonyl (C=O) groups is 2. The fourth-order valence-electron chi connectivity index (χ4n) is 3.26. The Morgan fingerprint density at radius 3 is 2.63 bits per heavy atom. The maximum atomic E-state index is 12.4. The Bertz CT molecular complexity index is 996. The van der Waals surface area contributed by atoms with Crippen LogP contribution in [-0.2, 0) is 9.59 Å². The molecule has 1 N–H and O–H groups in total. The van der Waals surface area contributed by atoms with E-state index in [2.05, 4.69) is 10.6 Å². The number of hydrogen-bond acceptors (Lipinski definition) is 5. The molecule has 2 aromatic carbocycles. The number of aryl methyl sites for hydroxylation is 1. The van der Waals surface area contributed by atoms with Crippen LogP contribution in [0.2, 0.25) is 5.02 Å². The fourth-order valence-corrected chi connectivity index (χ4v) is 3.86. The zero-order chi connectivity index (χ0) is 22.0. The van der Waals surface area contributed by atoms with E-state index in [1.807, 2.05) is 13.8 Å². The van der Waals surface area contributed by atoms with Crippen molar-refractivity contribution in [2.75, 3.05) is 6.61 Å². The smallest absolute Gasteiger partial charge is 0.276 e. The van der Waals surface area contributed by atoms with Gasteiger partial charge in [0, 0.05) is 5.02 Å². The average Bonchev–Trinajstić information content (AvgIpc) is 2.72. The van der Waals surface area contributed by atoms with Crippen LogP contribution in [-0.4, -0.2) is 28.8 Å². The SMILES string of the molecule is Cc1cc(OCC(=O)NN2C(=O)C(Cl)C2c2ccccc2Cl)c(C(C)C)cc1N=O. The zero-order valence-corrected chi connectivity index (χ0v) is 18.2. The van der Waals surface area contributed by atoms with E-state index < -0.39 is 23.2 Å². The van der Waals surface area contributed by atoms with Crippen LogP contribution < -0.4 is 10.2 Å². The van der Waals surface area contributed by atoms with E-state index >= 15 is 0 Å². The van der Waals surface area contributed by atoms with Gasteiger partial charge in [0.15, 0.2) is 6.61 Å². The van der Waals surface area contributed by atoms with E-state index in [1.165, 1.54) is 5.01 Å². The lowest BCUT2D eigenvalue weighted by Gasteiger charge is -2.44. The highest BCUT2D eigenvalue weighted by Gasteiger charge is 2.49. The highest BCUT2D eigenvalue weighted by Crippen LogP contribution is 2.40. The van der Waals surface area contributed by atoms with Crippen molar-refractivity contribution in [3.05, 3.63) is 63.0 Å². The molecule has 0 bridgehead atoms. The standard InChI is InChI=1S/C21H21Cl2N3O4/c1-11(2)14-9-16(25-29)12(3)8-17(14)30-10-18(27)24-26-20(19(23)21(26)28)13-6-4-5-7-15(13)22/h4-9,11,19-20H,10H2,1-3H3,(H,24,27). The maximum absolute atomic E-state index is 12.4. The van der Waals surface area contributed by atoms with Crippen LogP contribution >= 0.6 is 23.2 Å². The molecule has 0 radical (unpaired) electrons. The van der Waals surface area contributed by atoms with Gasteiger partial charge < -0.3 is 4.74 Å². The number of nitrogens with one attached hydrogen (secondary N) is 1. The summed E-state index contributed by atoms with van der Waals surface area (Å²) in [7, 11) is 0. The normalized spacial score (nSPS) is 18.2. The molecule has 2 atom stereocenters. The molecule has 9 heteroatoms. The van der Waals surface area contributed by atoms with Crippen LogP contribution in [0.25, 0.3) is 0 Å². The summed E-state index contributed by atoms with van der Waals surface area (Å²) in [6, 6.07) is 9.77. The predicted molar refractivity (Wildman–Crippen MR) is 115 cm³/mol. The Kier molecular flexibility index (Phi) is 6.63. The zero-order valence-electron chi connectivity index (χ0n) is 16.7. The Morgan fingerprint density at radius 2 is 2.00 bits per heavy atom. The summed E-state index contributed by atoms with van der Waals surface area (Å²) in [5.41, 5.74) is 4.92. The summed E-state index contributed by atoms with van der Waals surface area (Å²) in [4.78, 5) is 35.6. The summed E-state index contributed by atoms with van der Waals surface area (Å²) >= 11 is 12.4. The second-order valence-corrected chi connectivity index (χ2v) is 8.20. The van der Waals surface area contributed by atoms with Gasteiger partial charge in [-0.1, -0.05) is 43.6 Å². The van der Waals surface area contributed by atoms with Gasteiger partial charge in [0.1, 0.15) is 22.9 Å². The van der Waals surface area contributed by atoms with Crippen molar-refractivity contribution in [1.82, 2.24) is 10.4 Å². The number of β-lactam (4-membered cyclic amide) rings is 1. The largest absolute Gasteiger partial charge is 0.483 e. The molecular formula is C21H21Cl2N3O4. The van der Waals surface area contributed by atoms with Crippen molar-refractivity contribution in [3.63, 3.8) is 0 Å². The van der Waals surface area contributed by atoms with Gasteiger partial charge >= 0.3 is 0 Å². The first-order valence-electron chi connectivity index (χ1n) is 9.36. The molecule has 7 nitrogen and oxygen atoms in total. The van der Waals surface area contributed by atoms with Crippen molar-refractivity contribution >= 4 is 40.7 Å². The summed E-state index contributed by atoms with van der Waals surface area (Å²) in [6.45, 7) is 5.31. The minimum atomic E-state index is -0.815. The molecule has 0 aliphatic carbocycles. The first-order chi connectivity index (χ1) is 14.2. The lowest BCUT2D eigenvalue weighted by Crippen LogP contribution is -2.63. The summed E-state index contributed by atoms with van der Waals surface area (Å²) in [6.07, 6.45) is 0. The molecule has 2 amide bonds. The van der Waals surface area contributed by atoms with Gasteiger partial charge in [-0.05, 0) is 52.9 Å². The third kappa shape index (κ3) is 4.27. The molecule has 158 valence electrons. The molecule has 2 unspecified atom stereocenters. The number of carbonyl (C=O) groups excluding carboxylic acids is 2. The number of alkyl halides is 1. The summed E-state index contributed by atoms with van der Waals surface area (Å²) in [5.74, 6) is -0.399. The van der Waals surface area contributed by atoms with Crippen molar-refractivity contribution in [2.24, 2.45) is 5.18 Å². The van der Waals surface area contributed by atoms with E-state index in [9.17, 15) is 14.5 Å². The second kappa shape index (κ2) is 9.02. The van der Waals surface area contributed by atoms with Crippen molar-refractivity contribution in [1.29, 1.82) is 0 Å². The lowest BCUT2D eigenvalue weighted by molar-refractivity contribution is -0.157. The van der Waals surface area contributed by atoms with Gasteiger partial charge in [-0.15, -0.1) is 16.5 Å². The Morgan fingerprint density at radius 1 is 1.30 bits per heavy atom. The number of hydrogen-bond donors (Lipinski definition) is 1. The fraction of sp³-hybridized carbons (Fsp3) is 0.333. The van der Waals surface area contributed by atoms with Gasteiger partial charge in [0.25, 0.3) is 11.8 Å². The molecule has 2 aromatic rings. The van der Waals surface area contributed by atoms with E-state index in [-0.39, 0.29) is 12.5 Å².